The van der Waals surface area contributed by atoms with Crippen LogP contribution in [0.3, 0.4) is 0 Å². The molecule has 1 aromatic carbocycles. The van der Waals surface area contributed by atoms with Crippen LogP contribution in [0.25, 0.3) is 0 Å². The van der Waals surface area contributed by atoms with Crippen LogP contribution in [0.1, 0.15) is 25.8 Å². The molecule has 0 amide bonds. The van der Waals surface area contributed by atoms with Crippen LogP contribution in [-0.2, 0) is 15.6 Å². The van der Waals surface area contributed by atoms with Crippen molar-refractivity contribution >= 4 is 10.9 Å². The van der Waals surface area contributed by atoms with E-state index in [4.69, 9.17) is 4.74 Å². The van der Waals surface area contributed by atoms with Gasteiger partial charge in [-0.1, -0.05) is 37.6 Å². The summed E-state index contributed by atoms with van der Waals surface area (Å²) in [7, 11) is 2.11. The van der Waals surface area contributed by atoms with Crippen LogP contribution in [0.2, 0.25) is 0 Å². The second-order valence-corrected chi connectivity index (χ2v) is 8.20. The van der Waals surface area contributed by atoms with Gasteiger partial charge >= 0.3 is 0 Å². The van der Waals surface area contributed by atoms with Gasteiger partial charge in [-0.05, 0) is 19.1 Å². The van der Waals surface area contributed by atoms with Crippen LogP contribution in [0.5, 0.6) is 0 Å². The molecule has 1 nitrogen and oxygen atoms in total. The maximum absolute atomic E-state index is 5.75. The molecular formula is C17H25OS+. The molecule has 1 saturated heterocycles. The van der Waals surface area contributed by atoms with Gasteiger partial charge in [-0.15, -0.1) is 6.58 Å². The Labute approximate surface area is 120 Å². The van der Waals surface area contributed by atoms with Crippen LogP contribution >= 0.6 is 0 Å². The van der Waals surface area contributed by atoms with E-state index in [1.54, 1.807) is 0 Å². The molecule has 0 aliphatic carbocycles. The van der Waals surface area contributed by atoms with Gasteiger partial charge in [-0.25, -0.2) is 0 Å². The smallest absolute Gasteiger partial charge is 0.155 e. The summed E-state index contributed by atoms with van der Waals surface area (Å²) in [5.41, 5.74) is 1.55. The minimum atomic E-state index is 0.219. The van der Waals surface area contributed by atoms with E-state index in [9.17, 15) is 0 Å². The predicted molar refractivity (Wildman–Crippen MR) is 84.9 cm³/mol. The van der Waals surface area contributed by atoms with Crippen molar-refractivity contribution in [2.24, 2.45) is 5.41 Å². The molecule has 2 rings (SSSR count). The molecule has 19 heavy (non-hydrogen) atoms. The van der Waals surface area contributed by atoms with Crippen molar-refractivity contribution in [2.75, 3.05) is 12.9 Å². The third-order valence-corrected chi connectivity index (χ3v) is 7.35. The summed E-state index contributed by atoms with van der Waals surface area (Å²) >= 11 is 0. The molecule has 1 aliphatic heterocycles. The van der Waals surface area contributed by atoms with E-state index in [0.717, 1.165) is 12.2 Å². The number of hydrogen-bond acceptors (Lipinski definition) is 1. The molecule has 3 unspecified atom stereocenters. The molecule has 1 heterocycles. The topological polar surface area (TPSA) is 9.23 Å². The number of allylic oxidation sites excluding steroid dienone is 1. The maximum atomic E-state index is 5.75. The third kappa shape index (κ3) is 2.75. The van der Waals surface area contributed by atoms with E-state index in [1.807, 2.05) is 7.11 Å². The summed E-state index contributed by atoms with van der Waals surface area (Å²) in [6.07, 6.45) is 3.49. The molecule has 0 spiro atoms. The Morgan fingerprint density at radius 1 is 1.37 bits per heavy atom. The van der Waals surface area contributed by atoms with E-state index in [1.165, 1.54) is 10.5 Å². The van der Waals surface area contributed by atoms with Crippen LogP contribution < -0.4 is 0 Å². The van der Waals surface area contributed by atoms with Crippen molar-refractivity contribution in [1.82, 2.24) is 0 Å². The van der Waals surface area contributed by atoms with Gasteiger partial charge in [0.2, 0.25) is 0 Å². The summed E-state index contributed by atoms with van der Waals surface area (Å²) in [6, 6.07) is 9.03. The van der Waals surface area contributed by atoms with Crippen molar-refractivity contribution in [2.45, 2.75) is 43.4 Å². The lowest BCUT2D eigenvalue weighted by atomic mass is 9.82. The molecule has 0 radical (unpaired) electrons. The van der Waals surface area contributed by atoms with Gasteiger partial charge < -0.3 is 4.74 Å². The zero-order valence-corrected chi connectivity index (χ0v) is 13.3. The van der Waals surface area contributed by atoms with Gasteiger partial charge in [0.1, 0.15) is 17.1 Å². The highest BCUT2D eigenvalue weighted by Crippen LogP contribution is 2.45. The van der Waals surface area contributed by atoms with Crippen molar-refractivity contribution < 1.29 is 4.74 Å². The molecule has 2 heteroatoms. The van der Waals surface area contributed by atoms with Crippen LogP contribution in [0.15, 0.2) is 41.8 Å². The molecule has 0 saturated carbocycles. The van der Waals surface area contributed by atoms with Gasteiger partial charge in [0.15, 0.2) is 4.90 Å². The fourth-order valence-corrected chi connectivity index (χ4v) is 6.37. The Morgan fingerprint density at radius 2 is 2.00 bits per heavy atom. The molecular weight excluding hydrogens is 252 g/mol. The van der Waals surface area contributed by atoms with Crippen LogP contribution in [0, 0.1) is 12.3 Å². The van der Waals surface area contributed by atoms with Gasteiger partial charge in [-0.2, -0.15) is 0 Å². The van der Waals surface area contributed by atoms with Crippen molar-refractivity contribution in [3.63, 3.8) is 0 Å². The predicted octanol–water partition coefficient (Wildman–Crippen LogP) is 3.97. The highest BCUT2D eigenvalue weighted by molar-refractivity contribution is 7.97. The molecule has 0 aromatic heterocycles. The first-order valence-electron chi connectivity index (χ1n) is 6.90. The number of rotatable bonds is 4. The Morgan fingerprint density at radius 3 is 2.53 bits per heavy atom. The number of hydrogen-bond donors (Lipinski definition) is 0. The largest absolute Gasteiger partial charge is 0.376 e. The average molecular weight is 277 g/mol. The Kier molecular flexibility index (Phi) is 4.42. The highest BCUT2D eigenvalue weighted by atomic mass is 32.2. The molecule has 104 valence electrons. The lowest BCUT2D eigenvalue weighted by Crippen LogP contribution is -2.35. The van der Waals surface area contributed by atoms with E-state index >= 15 is 0 Å². The summed E-state index contributed by atoms with van der Waals surface area (Å²) in [5, 5.41) is 0.637. The Bertz CT molecular complexity index is 435. The molecule has 1 aromatic rings. The average Bonchev–Trinajstić information content (AvgIpc) is 2.63. The number of ether oxygens (including phenoxy) is 1. The van der Waals surface area contributed by atoms with Crippen LogP contribution in [0.4, 0.5) is 0 Å². The Balaban J connectivity index is 2.33. The van der Waals surface area contributed by atoms with Gasteiger partial charge in [0.05, 0.1) is 0 Å². The summed E-state index contributed by atoms with van der Waals surface area (Å²) in [4.78, 5) is 1.48. The van der Waals surface area contributed by atoms with Crippen molar-refractivity contribution in [3.8, 4) is 0 Å². The number of aryl methyl sites for hydroxylation is 1. The van der Waals surface area contributed by atoms with Crippen molar-refractivity contribution in [3.05, 3.63) is 42.5 Å². The summed E-state index contributed by atoms with van der Waals surface area (Å²) in [6.45, 7) is 10.8. The first-order valence-corrected chi connectivity index (χ1v) is 8.36. The molecule has 3 atom stereocenters. The maximum Gasteiger partial charge on any atom is 0.155 e. The summed E-state index contributed by atoms with van der Waals surface area (Å²) in [5.74, 6) is 1.14. The number of benzene rings is 1. The van der Waals surface area contributed by atoms with Gasteiger partial charge in [0.25, 0.3) is 0 Å². The van der Waals surface area contributed by atoms with Crippen molar-refractivity contribution in [1.29, 1.82) is 0 Å². The lowest BCUT2D eigenvalue weighted by Gasteiger charge is -2.27. The quantitative estimate of drug-likeness (QED) is 0.597. The monoisotopic (exact) mass is 277 g/mol. The third-order valence-electron chi connectivity index (χ3n) is 4.32. The van der Waals surface area contributed by atoms with Crippen LogP contribution in [-0.4, -0.2) is 24.2 Å². The SMILES string of the molecule is C=CCC1[S+](c2ccc(C)cc2)CC(OC)C1(C)C. The fourth-order valence-electron chi connectivity index (χ4n) is 2.98. The molecule has 0 N–H and O–H groups in total. The van der Waals surface area contributed by atoms with Gasteiger partial charge in [0, 0.05) is 29.8 Å². The standard InChI is InChI=1S/C17H25OS/c1-6-7-16-17(3,4)15(18-5)12-19(16)14-10-8-13(2)9-11-14/h6,8-11,15-16H,1,7,12H2,2-5H3/q+1. The first-order chi connectivity index (χ1) is 9.00. The lowest BCUT2D eigenvalue weighted by molar-refractivity contribution is 0.0327. The minimum absolute atomic E-state index is 0.219. The normalized spacial score (nSPS) is 29.4. The van der Waals surface area contributed by atoms with E-state index < -0.39 is 0 Å². The van der Waals surface area contributed by atoms with Gasteiger partial charge in [-0.3, -0.25) is 0 Å². The van der Waals surface area contributed by atoms with E-state index in [-0.39, 0.29) is 16.3 Å². The zero-order valence-electron chi connectivity index (χ0n) is 12.5. The highest BCUT2D eigenvalue weighted by Gasteiger charge is 2.56. The molecule has 1 fully saturated rings. The molecule has 0 bridgehead atoms. The second-order valence-electron chi connectivity index (χ2n) is 5.97. The summed E-state index contributed by atoms with van der Waals surface area (Å²) < 4.78 is 5.75. The zero-order chi connectivity index (χ0) is 14.0. The molecule has 1 aliphatic rings. The van der Waals surface area contributed by atoms with E-state index in [2.05, 4.69) is 57.7 Å². The first kappa shape index (κ1) is 14.7. The number of methoxy groups -OCH3 is 1. The van der Waals surface area contributed by atoms with E-state index in [0.29, 0.717) is 11.4 Å². The minimum Gasteiger partial charge on any atom is -0.376 e. The Hall–Kier alpha value is -0.730. The fraction of sp³-hybridized carbons (Fsp3) is 0.529. The second kappa shape index (κ2) is 5.72.